The van der Waals surface area contributed by atoms with Gasteiger partial charge in [0.1, 0.15) is 5.52 Å². The molecule has 1 amide bonds. The molecule has 0 aliphatic carbocycles. The van der Waals surface area contributed by atoms with Crippen LogP contribution in [0.4, 0.5) is 11.4 Å². The molecule has 0 unspecified atom stereocenters. The summed E-state index contributed by atoms with van der Waals surface area (Å²) in [6.45, 7) is 6.45. The molecule has 0 bridgehead atoms. The topological polar surface area (TPSA) is 105 Å². The van der Waals surface area contributed by atoms with Gasteiger partial charge in [0.25, 0.3) is 15.9 Å². The number of hydrogen-bond acceptors (Lipinski definition) is 7. The highest BCUT2D eigenvalue weighted by Crippen LogP contribution is 2.42. The predicted molar refractivity (Wildman–Crippen MR) is 122 cm³/mol. The van der Waals surface area contributed by atoms with E-state index in [0.29, 0.717) is 40.0 Å². The third-order valence-electron chi connectivity index (χ3n) is 5.02. The van der Waals surface area contributed by atoms with E-state index in [0.717, 1.165) is 10.6 Å². The van der Waals surface area contributed by atoms with Crippen LogP contribution in [0.2, 0.25) is 0 Å². The number of carbonyl (C=O) groups excluding carboxylic acids is 1. The van der Waals surface area contributed by atoms with E-state index in [2.05, 4.69) is 14.7 Å². The maximum Gasteiger partial charge on any atom is 0.257 e. The summed E-state index contributed by atoms with van der Waals surface area (Å²) in [5, 5.41) is 3.33. The van der Waals surface area contributed by atoms with Gasteiger partial charge in [0.15, 0.2) is 10.8 Å². The first kappa shape index (κ1) is 20.1. The van der Waals surface area contributed by atoms with Gasteiger partial charge in [-0.15, -0.1) is 4.40 Å². The molecular formula is C21H20N4O4S2. The second-order valence-electron chi connectivity index (χ2n) is 8.50. The molecule has 2 aliphatic heterocycles. The Morgan fingerprint density at radius 2 is 2.00 bits per heavy atom. The summed E-state index contributed by atoms with van der Waals surface area (Å²) >= 11 is 1.26. The van der Waals surface area contributed by atoms with Crippen molar-refractivity contribution < 1.29 is 17.6 Å². The van der Waals surface area contributed by atoms with Gasteiger partial charge in [0.05, 0.1) is 11.4 Å². The van der Waals surface area contributed by atoms with Crippen LogP contribution in [0.1, 0.15) is 37.0 Å². The van der Waals surface area contributed by atoms with E-state index in [9.17, 15) is 13.2 Å². The second-order valence-corrected chi connectivity index (χ2v) is 11.3. The Morgan fingerprint density at radius 1 is 1.19 bits per heavy atom. The monoisotopic (exact) mass is 456 g/mol. The number of rotatable bonds is 2. The van der Waals surface area contributed by atoms with Gasteiger partial charge in [0, 0.05) is 28.1 Å². The molecule has 5 rings (SSSR count). The molecule has 2 aliphatic rings. The van der Waals surface area contributed by atoms with Gasteiger partial charge in [-0.05, 0) is 48.2 Å². The molecule has 0 saturated heterocycles. The van der Waals surface area contributed by atoms with Gasteiger partial charge in [-0.25, -0.2) is 13.4 Å². The Hall–Kier alpha value is -2.85. The molecule has 8 nitrogen and oxygen atoms in total. The standard InChI is InChI=1S/C21H20N4O4S2/c1-21(2,3)19-23-14-11-13(5-7-16(14)29-19)22-18(26)12-4-6-15-17(10-12)30-20-24-31(27,28)9-8-25(15)20/h4-7,10-11H,8-9H2,1-3H3,(H,22,26). The van der Waals surface area contributed by atoms with Crippen LogP contribution in [0.3, 0.4) is 0 Å². The number of thioether (sulfide) groups is 1. The highest BCUT2D eigenvalue weighted by atomic mass is 32.2. The number of benzene rings is 2. The van der Waals surface area contributed by atoms with Crippen molar-refractivity contribution in [2.24, 2.45) is 4.40 Å². The molecule has 0 spiro atoms. The first-order chi connectivity index (χ1) is 14.6. The van der Waals surface area contributed by atoms with E-state index in [1.54, 1.807) is 30.3 Å². The minimum atomic E-state index is -3.41. The highest BCUT2D eigenvalue weighted by molar-refractivity contribution is 8.15. The Morgan fingerprint density at radius 3 is 2.77 bits per heavy atom. The van der Waals surface area contributed by atoms with E-state index in [4.69, 9.17) is 4.42 Å². The molecule has 10 heteroatoms. The van der Waals surface area contributed by atoms with E-state index in [1.807, 2.05) is 31.7 Å². The number of hydrogen-bond donors (Lipinski definition) is 1. The van der Waals surface area contributed by atoms with Gasteiger partial charge in [-0.3, -0.25) is 4.79 Å². The lowest BCUT2D eigenvalue weighted by Gasteiger charge is -2.22. The van der Waals surface area contributed by atoms with Crippen LogP contribution in [0.5, 0.6) is 0 Å². The largest absolute Gasteiger partial charge is 0.440 e. The number of amidine groups is 1. The van der Waals surface area contributed by atoms with Crippen LogP contribution >= 0.6 is 11.8 Å². The molecule has 0 radical (unpaired) electrons. The van der Waals surface area contributed by atoms with Crippen LogP contribution in [0.15, 0.2) is 50.1 Å². The molecule has 31 heavy (non-hydrogen) atoms. The SMILES string of the molecule is CC(C)(C)c1nc2cc(NC(=O)c3ccc4c(c3)SC3=NS(=O)(=O)CCN34)ccc2o1. The number of nitrogens with one attached hydrogen (secondary N) is 1. The van der Waals surface area contributed by atoms with Crippen molar-refractivity contribution in [1.82, 2.24) is 4.98 Å². The third-order valence-corrected chi connectivity index (χ3v) is 7.33. The lowest BCUT2D eigenvalue weighted by atomic mass is 9.97. The fraction of sp³-hybridized carbons (Fsp3) is 0.286. The molecule has 0 saturated carbocycles. The van der Waals surface area contributed by atoms with Crippen LogP contribution < -0.4 is 10.2 Å². The summed E-state index contributed by atoms with van der Waals surface area (Å²) < 4.78 is 33.2. The number of sulfonamides is 1. The molecule has 160 valence electrons. The minimum Gasteiger partial charge on any atom is -0.440 e. The van der Waals surface area contributed by atoms with Gasteiger partial charge in [-0.2, -0.15) is 0 Å². The van der Waals surface area contributed by atoms with Crippen molar-refractivity contribution in [3.05, 3.63) is 47.9 Å². The minimum absolute atomic E-state index is 0.0137. The van der Waals surface area contributed by atoms with Crippen LogP contribution in [0.25, 0.3) is 11.1 Å². The predicted octanol–water partition coefficient (Wildman–Crippen LogP) is 3.99. The van der Waals surface area contributed by atoms with Gasteiger partial charge >= 0.3 is 0 Å². The van der Waals surface area contributed by atoms with E-state index in [1.165, 1.54) is 11.8 Å². The lowest BCUT2D eigenvalue weighted by Crippen LogP contribution is -2.35. The van der Waals surface area contributed by atoms with Crippen LogP contribution in [-0.4, -0.2) is 36.8 Å². The van der Waals surface area contributed by atoms with Crippen molar-refractivity contribution in [3.63, 3.8) is 0 Å². The van der Waals surface area contributed by atoms with Crippen molar-refractivity contribution in [1.29, 1.82) is 0 Å². The summed E-state index contributed by atoms with van der Waals surface area (Å²) in [6, 6.07) is 10.7. The zero-order valence-electron chi connectivity index (χ0n) is 17.2. The smallest absolute Gasteiger partial charge is 0.257 e. The van der Waals surface area contributed by atoms with Gasteiger partial charge < -0.3 is 14.6 Å². The average molecular weight is 457 g/mol. The summed E-state index contributed by atoms with van der Waals surface area (Å²) in [5.41, 5.74) is 3.11. The number of nitrogens with zero attached hydrogens (tertiary/aromatic N) is 3. The van der Waals surface area contributed by atoms with Gasteiger partial charge in [0.2, 0.25) is 5.89 Å². The number of amides is 1. The zero-order chi connectivity index (χ0) is 22.0. The second kappa shape index (κ2) is 6.83. The number of carbonyl (C=O) groups is 1. The van der Waals surface area contributed by atoms with Gasteiger partial charge in [-0.1, -0.05) is 20.8 Å². The molecule has 3 heterocycles. The maximum atomic E-state index is 12.8. The van der Waals surface area contributed by atoms with Crippen molar-refractivity contribution in [3.8, 4) is 0 Å². The first-order valence-corrected chi connectivity index (χ1v) is 12.2. The van der Waals surface area contributed by atoms with Crippen LogP contribution in [0, 0.1) is 0 Å². The average Bonchev–Trinajstić information content (AvgIpc) is 3.26. The summed E-state index contributed by atoms with van der Waals surface area (Å²) in [5.74, 6) is 0.366. The maximum absolute atomic E-state index is 12.8. The molecule has 0 atom stereocenters. The Labute approximate surface area is 183 Å². The molecule has 3 aromatic rings. The van der Waals surface area contributed by atoms with Crippen LogP contribution in [-0.2, 0) is 15.4 Å². The van der Waals surface area contributed by atoms with E-state index >= 15 is 0 Å². The molecular weight excluding hydrogens is 436 g/mol. The summed E-state index contributed by atoms with van der Waals surface area (Å²) in [4.78, 5) is 20.0. The van der Waals surface area contributed by atoms with Crippen molar-refractivity contribution in [2.75, 3.05) is 22.5 Å². The molecule has 0 fully saturated rings. The van der Waals surface area contributed by atoms with E-state index in [-0.39, 0.29) is 17.1 Å². The highest BCUT2D eigenvalue weighted by Gasteiger charge is 2.33. The Kier molecular flexibility index (Phi) is 4.42. The molecule has 1 N–H and O–H groups in total. The summed E-state index contributed by atoms with van der Waals surface area (Å²) in [6.07, 6.45) is 0. The fourth-order valence-electron chi connectivity index (χ4n) is 3.40. The Bertz CT molecular complexity index is 1370. The van der Waals surface area contributed by atoms with E-state index < -0.39 is 10.0 Å². The molecule has 2 aromatic carbocycles. The number of oxazole rings is 1. The number of fused-ring (bicyclic) bond motifs is 4. The zero-order valence-corrected chi connectivity index (χ0v) is 18.8. The number of aromatic nitrogens is 1. The fourth-order valence-corrected chi connectivity index (χ4v) is 5.70. The number of anilines is 2. The summed E-state index contributed by atoms with van der Waals surface area (Å²) in [7, 11) is -3.41. The normalized spacial score (nSPS) is 17.3. The Balaban J connectivity index is 1.39. The van der Waals surface area contributed by atoms with Crippen molar-refractivity contribution >= 4 is 55.3 Å². The van der Waals surface area contributed by atoms with Crippen molar-refractivity contribution in [2.45, 2.75) is 31.1 Å². The quantitative estimate of drug-likeness (QED) is 0.622. The molecule has 1 aromatic heterocycles. The first-order valence-electron chi connectivity index (χ1n) is 9.74. The lowest BCUT2D eigenvalue weighted by molar-refractivity contribution is 0.102. The third kappa shape index (κ3) is 3.70.